The third kappa shape index (κ3) is 4.61. The van der Waals surface area contributed by atoms with Crippen LogP contribution in [-0.4, -0.2) is 25.7 Å². The maximum atomic E-state index is 11.4. The van der Waals surface area contributed by atoms with Crippen LogP contribution < -0.4 is 5.32 Å². The van der Waals surface area contributed by atoms with E-state index in [1.807, 2.05) is 0 Å². The van der Waals surface area contributed by atoms with Crippen LogP contribution in [0.25, 0.3) is 0 Å². The quantitative estimate of drug-likeness (QED) is 0.698. The predicted molar refractivity (Wildman–Crippen MR) is 56.0 cm³/mol. The second kappa shape index (κ2) is 6.02. The maximum absolute atomic E-state index is 11.4. The molecule has 3 heteroatoms. The highest BCUT2D eigenvalue weighted by Crippen LogP contribution is 2.14. The Morgan fingerprint density at radius 2 is 2.36 bits per heavy atom. The van der Waals surface area contributed by atoms with Crippen molar-refractivity contribution in [3.8, 4) is 0 Å². The number of carbonyl (C=O) groups excluding carboxylic acids is 1. The van der Waals surface area contributed by atoms with Crippen molar-refractivity contribution in [3.63, 3.8) is 0 Å². The van der Waals surface area contributed by atoms with Gasteiger partial charge < -0.3 is 10.1 Å². The molecule has 3 nitrogen and oxygen atoms in total. The number of hydrogen-bond acceptors (Lipinski definition) is 3. The number of carbonyl (C=O) groups is 1. The van der Waals surface area contributed by atoms with Gasteiger partial charge in [0.25, 0.3) is 0 Å². The first kappa shape index (κ1) is 11.5. The van der Waals surface area contributed by atoms with Crippen molar-refractivity contribution in [1.29, 1.82) is 0 Å². The van der Waals surface area contributed by atoms with Gasteiger partial charge in [-0.3, -0.25) is 4.79 Å². The van der Waals surface area contributed by atoms with Crippen LogP contribution in [0.3, 0.4) is 0 Å². The first-order valence-electron chi connectivity index (χ1n) is 5.55. The summed E-state index contributed by atoms with van der Waals surface area (Å²) in [5.74, 6) is 0.888. The summed E-state index contributed by atoms with van der Waals surface area (Å²) in [7, 11) is 0. The van der Waals surface area contributed by atoms with Gasteiger partial charge in [-0.2, -0.15) is 0 Å². The topological polar surface area (TPSA) is 38.3 Å². The summed E-state index contributed by atoms with van der Waals surface area (Å²) in [5, 5.41) is 3.30. The molecule has 0 saturated carbocycles. The van der Waals surface area contributed by atoms with E-state index in [1.54, 1.807) is 0 Å². The number of nitrogens with one attached hydrogen (secondary N) is 1. The molecule has 1 N–H and O–H groups in total. The van der Waals surface area contributed by atoms with E-state index < -0.39 is 0 Å². The maximum Gasteiger partial charge on any atom is 0.306 e. The Balaban J connectivity index is 2.12. The molecular formula is C11H21NO2. The molecule has 1 heterocycles. The van der Waals surface area contributed by atoms with Gasteiger partial charge in [-0.15, -0.1) is 0 Å². The smallest absolute Gasteiger partial charge is 0.306 e. The van der Waals surface area contributed by atoms with Crippen LogP contribution in [0.4, 0.5) is 0 Å². The van der Waals surface area contributed by atoms with Crippen LogP contribution in [-0.2, 0) is 9.53 Å². The van der Waals surface area contributed by atoms with Crippen LogP contribution >= 0.6 is 0 Å². The van der Waals surface area contributed by atoms with Crippen LogP contribution in [0.15, 0.2) is 0 Å². The van der Waals surface area contributed by atoms with Crippen LogP contribution in [0.2, 0.25) is 0 Å². The van der Waals surface area contributed by atoms with E-state index in [1.165, 1.54) is 6.42 Å². The summed E-state index contributed by atoms with van der Waals surface area (Å²) in [6, 6.07) is 0. The van der Waals surface area contributed by atoms with Crippen LogP contribution in [0, 0.1) is 11.8 Å². The number of esters is 1. The van der Waals surface area contributed by atoms with Gasteiger partial charge in [-0.05, 0) is 37.8 Å². The molecule has 0 aromatic rings. The zero-order chi connectivity index (χ0) is 10.4. The average Bonchev–Trinajstić information content (AvgIpc) is 2.16. The minimum atomic E-state index is -0.0348. The molecule has 1 aliphatic heterocycles. The fourth-order valence-electron chi connectivity index (χ4n) is 1.65. The molecule has 82 valence electrons. The minimum Gasteiger partial charge on any atom is -0.465 e. The van der Waals surface area contributed by atoms with Crippen LogP contribution in [0.1, 0.15) is 33.1 Å². The van der Waals surface area contributed by atoms with E-state index in [0.29, 0.717) is 24.9 Å². The summed E-state index contributed by atoms with van der Waals surface area (Å²) in [6.45, 7) is 6.72. The number of piperidine rings is 1. The predicted octanol–water partition coefficient (Wildman–Crippen LogP) is 1.58. The van der Waals surface area contributed by atoms with Crippen molar-refractivity contribution >= 4 is 5.97 Å². The van der Waals surface area contributed by atoms with Gasteiger partial charge in [0.1, 0.15) is 0 Å². The van der Waals surface area contributed by atoms with Crippen molar-refractivity contribution in [2.75, 3.05) is 19.7 Å². The van der Waals surface area contributed by atoms with E-state index in [0.717, 1.165) is 19.5 Å². The Hall–Kier alpha value is -0.570. The second-order valence-electron chi connectivity index (χ2n) is 4.49. The number of rotatable bonds is 4. The third-order valence-electron chi connectivity index (χ3n) is 2.43. The molecule has 1 saturated heterocycles. The molecule has 0 spiro atoms. The Kier molecular flexibility index (Phi) is 4.94. The van der Waals surface area contributed by atoms with Gasteiger partial charge >= 0.3 is 5.97 Å². The molecule has 1 atom stereocenters. The third-order valence-corrected chi connectivity index (χ3v) is 2.43. The van der Waals surface area contributed by atoms with E-state index in [9.17, 15) is 4.79 Å². The van der Waals surface area contributed by atoms with Gasteiger partial charge in [0, 0.05) is 6.42 Å². The molecular weight excluding hydrogens is 178 g/mol. The standard InChI is InChI=1S/C11H21NO2/c1-9(2)8-14-11(13)6-10-4-3-5-12-7-10/h9-10,12H,3-8H2,1-2H3. The number of ether oxygens (including phenoxy) is 1. The highest BCUT2D eigenvalue weighted by molar-refractivity contribution is 5.69. The lowest BCUT2D eigenvalue weighted by molar-refractivity contribution is -0.146. The second-order valence-corrected chi connectivity index (χ2v) is 4.49. The van der Waals surface area contributed by atoms with Crippen molar-refractivity contribution in [2.45, 2.75) is 33.1 Å². The van der Waals surface area contributed by atoms with Crippen molar-refractivity contribution in [2.24, 2.45) is 11.8 Å². The fraction of sp³-hybridized carbons (Fsp3) is 0.909. The summed E-state index contributed by atoms with van der Waals surface area (Å²) in [5.41, 5.74) is 0. The van der Waals surface area contributed by atoms with E-state index in [-0.39, 0.29) is 5.97 Å². The van der Waals surface area contributed by atoms with Crippen molar-refractivity contribution in [3.05, 3.63) is 0 Å². The largest absolute Gasteiger partial charge is 0.465 e. The average molecular weight is 199 g/mol. The number of hydrogen-bond donors (Lipinski definition) is 1. The Morgan fingerprint density at radius 1 is 1.57 bits per heavy atom. The lowest BCUT2D eigenvalue weighted by Crippen LogP contribution is -2.31. The van der Waals surface area contributed by atoms with Gasteiger partial charge in [0.05, 0.1) is 6.61 Å². The van der Waals surface area contributed by atoms with Gasteiger partial charge in [0.2, 0.25) is 0 Å². The molecule has 0 aromatic heterocycles. The molecule has 0 radical (unpaired) electrons. The van der Waals surface area contributed by atoms with Gasteiger partial charge in [-0.25, -0.2) is 0 Å². The molecule has 1 rings (SSSR count). The lowest BCUT2D eigenvalue weighted by atomic mass is 9.96. The summed E-state index contributed by atoms with van der Waals surface area (Å²) in [6.07, 6.45) is 2.92. The van der Waals surface area contributed by atoms with E-state index in [2.05, 4.69) is 19.2 Å². The highest BCUT2D eigenvalue weighted by Gasteiger charge is 2.17. The first-order chi connectivity index (χ1) is 6.68. The molecule has 14 heavy (non-hydrogen) atoms. The zero-order valence-corrected chi connectivity index (χ0v) is 9.21. The zero-order valence-electron chi connectivity index (χ0n) is 9.21. The normalized spacial score (nSPS) is 22.4. The fourth-order valence-corrected chi connectivity index (χ4v) is 1.65. The summed E-state index contributed by atoms with van der Waals surface area (Å²) in [4.78, 5) is 11.4. The molecule has 1 unspecified atom stereocenters. The first-order valence-corrected chi connectivity index (χ1v) is 5.55. The van der Waals surface area contributed by atoms with Crippen molar-refractivity contribution < 1.29 is 9.53 Å². The van der Waals surface area contributed by atoms with Gasteiger partial charge in [0.15, 0.2) is 0 Å². The molecule has 1 aliphatic rings. The monoisotopic (exact) mass is 199 g/mol. The van der Waals surface area contributed by atoms with E-state index >= 15 is 0 Å². The molecule has 0 amide bonds. The SMILES string of the molecule is CC(C)COC(=O)CC1CCCNC1. The van der Waals surface area contributed by atoms with Gasteiger partial charge in [-0.1, -0.05) is 13.8 Å². The Bertz CT molecular complexity index is 174. The Morgan fingerprint density at radius 3 is 2.93 bits per heavy atom. The molecule has 1 fully saturated rings. The van der Waals surface area contributed by atoms with E-state index in [4.69, 9.17) is 4.74 Å². The van der Waals surface area contributed by atoms with Crippen LogP contribution in [0.5, 0.6) is 0 Å². The van der Waals surface area contributed by atoms with Crippen molar-refractivity contribution in [1.82, 2.24) is 5.32 Å². The minimum absolute atomic E-state index is 0.0348. The summed E-state index contributed by atoms with van der Waals surface area (Å²) < 4.78 is 5.14. The Labute approximate surface area is 86.2 Å². The summed E-state index contributed by atoms with van der Waals surface area (Å²) >= 11 is 0. The lowest BCUT2D eigenvalue weighted by Gasteiger charge is -2.21. The highest BCUT2D eigenvalue weighted by atomic mass is 16.5. The molecule has 0 aromatic carbocycles. The molecule has 0 bridgehead atoms. The molecule has 0 aliphatic carbocycles.